The van der Waals surface area contributed by atoms with E-state index >= 15 is 0 Å². The summed E-state index contributed by atoms with van der Waals surface area (Å²) in [5.41, 5.74) is -0.583. The van der Waals surface area contributed by atoms with Gasteiger partial charge in [0.25, 0.3) is 0 Å². The third kappa shape index (κ3) is 4.46. The zero-order valence-electron chi connectivity index (χ0n) is 14.2. The molecular formula is C16H19NO8. The molecule has 0 heterocycles. The SMILES string of the molecule is COC(=O)/C(C(c1ccc(OC)cc1)C(C(C)=O)C(=O)OC)=[N+](\[O-])O. The normalized spacial score (nSPS) is 13.9. The van der Waals surface area contributed by atoms with Crippen LogP contribution in [-0.2, 0) is 23.9 Å². The Kier molecular flexibility index (Phi) is 6.92. The highest BCUT2D eigenvalue weighted by molar-refractivity contribution is 6.37. The molecule has 0 aromatic heterocycles. The number of carbonyl (C=O) groups is 3. The van der Waals surface area contributed by atoms with Crippen molar-refractivity contribution in [2.75, 3.05) is 21.3 Å². The van der Waals surface area contributed by atoms with Gasteiger partial charge in [-0.05, 0) is 24.6 Å². The van der Waals surface area contributed by atoms with Crippen molar-refractivity contribution in [2.45, 2.75) is 12.8 Å². The predicted molar refractivity (Wildman–Crippen MR) is 84.4 cm³/mol. The second-order valence-corrected chi connectivity index (χ2v) is 5.01. The highest BCUT2D eigenvalue weighted by Crippen LogP contribution is 2.30. The summed E-state index contributed by atoms with van der Waals surface area (Å²) in [6, 6.07) is 5.93. The minimum absolute atomic E-state index is 0.238. The number of hydrogen-bond acceptors (Lipinski definition) is 8. The molecular weight excluding hydrogens is 334 g/mol. The molecule has 0 fully saturated rings. The summed E-state index contributed by atoms with van der Waals surface area (Å²) >= 11 is 0. The molecule has 1 aromatic rings. The minimum Gasteiger partial charge on any atom is -0.497 e. The number of benzene rings is 1. The van der Waals surface area contributed by atoms with Crippen LogP contribution < -0.4 is 4.74 Å². The van der Waals surface area contributed by atoms with Crippen molar-refractivity contribution < 1.29 is 38.7 Å². The van der Waals surface area contributed by atoms with E-state index in [1.165, 1.54) is 31.4 Å². The molecule has 0 saturated carbocycles. The largest absolute Gasteiger partial charge is 0.497 e. The van der Waals surface area contributed by atoms with E-state index in [1.807, 2.05) is 0 Å². The van der Waals surface area contributed by atoms with Gasteiger partial charge in [-0.25, -0.2) is 4.79 Å². The van der Waals surface area contributed by atoms with Gasteiger partial charge in [-0.2, -0.15) is 0 Å². The molecule has 0 saturated heterocycles. The molecule has 1 rings (SSSR count). The highest BCUT2D eigenvalue weighted by Gasteiger charge is 2.46. The lowest BCUT2D eigenvalue weighted by Gasteiger charge is -2.21. The molecule has 0 bridgehead atoms. The average molecular weight is 353 g/mol. The molecule has 2 unspecified atom stereocenters. The Morgan fingerprint density at radius 2 is 1.64 bits per heavy atom. The summed E-state index contributed by atoms with van der Waals surface area (Å²) in [6.07, 6.45) is 0. The smallest absolute Gasteiger partial charge is 0.405 e. The Bertz CT molecular complexity index is 676. The van der Waals surface area contributed by atoms with Crippen molar-refractivity contribution in [3.8, 4) is 5.75 Å². The van der Waals surface area contributed by atoms with Gasteiger partial charge in [0.05, 0.1) is 21.3 Å². The van der Waals surface area contributed by atoms with Gasteiger partial charge in [-0.1, -0.05) is 12.1 Å². The summed E-state index contributed by atoms with van der Waals surface area (Å²) in [4.78, 5) is 35.4. The molecule has 9 nitrogen and oxygen atoms in total. The number of rotatable bonds is 7. The molecule has 0 radical (unpaired) electrons. The van der Waals surface area contributed by atoms with E-state index in [9.17, 15) is 24.8 Å². The van der Waals surface area contributed by atoms with Crippen LogP contribution in [0.3, 0.4) is 0 Å². The molecule has 0 spiro atoms. The van der Waals surface area contributed by atoms with Gasteiger partial charge >= 0.3 is 17.7 Å². The maximum atomic E-state index is 12.1. The van der Waals surface area contributed by atoms with Gasteiger partial charge in [-0.15, -0.1) is 0 Å². The number of esters is 2. The fourth-order valence-corrected chi connectivity index (χ4v) is 2.41. The van der Waals surface area contributed by atoms with E-state index < -0.39 is 40.2 Å². The lowest BCUT2D eigenvalue weighted by molar-refractivity contribution is -0.726. The lowest BCUT2D eigenvalue weighted by atomic mass is 9.80. The van der Waals surface area contributed by atoms with Crippen LogP contribution in [0.25, 0.3) is 0 Å². The average Bonchev–Trinajstić information content (AvgIpc) is 2.59. The number of nitrogens with zero attached hydrogens (tertiary/aromatic N) is 1. The Morgan fingerprint density at radius 1 is 1.08 bits per heavy atom. The molecule has 1 N–H and O–H groups in total. The summed E-state index contributed by atoms with van der Waals surface area (Å²) in [5.74, 6) is -5.27. The van der Waals surface area contributed by atoms with Crippen molar-refractivity contribution in [1.82, 2.24) is 0 Å². The van der Waals surface area contributed by atoms with Crippen molar-refractivity contribution in [3.05, 3.63) is 35.0 Å². The molecule has 1 aromatic carbocycles. The van der Waals surface area contributed by atoms with E-state index in [-0.39, 0.29) is 5.56 Å². The third-order valence-corrected chi connectivity index (χ3v) is 3.60. The Labute approximate surface area is 144 Å². The number of carbonyl (C=O) groups excluding carboxylic acids is 3. The van der Waals surface area contributed by atoms with Gasteiger partial charge < -0.3 is 19.4 Å². The van der Waals surface area contributed by atoms with Gasteiger partial charge in [0.1, 0.15) is 23.4 Å². The summed E-state index contributed by atoms with van der Waals surface area (Å²) in [5, 5.41) is 20.9. The minimum atomic E-state index is -1.53. The molecule has 0 aliphatic carbocycles. The van der Waals surface area contributed by atoms with Crippen LogP contribution in [-0.4, -0.2) is 54.9 Å². The van der Waals surface area contributed by atoms with Crippen LogP contribution in [0, 0.1) is 11.1 Å². The van der Waals surface area contributed by atoms with Gasteiger partial charge in [0.2, 0.25) is 0 Å². The number of ether oxygens (including phenoxy) is 3. The quantitative estimate of drug-likeness (QED) is 0.189. The predicted octanol–water partition coefficient (Wildman–Crippen LogP) is 0.671. The first kappa shape index (κ1) is 19.9. The van der Waals surface area contributed by atoms with Crippen LogP contribution in [0.15, 0.2) is 24.3 Å². The second-order valence-electron chi connectivity index (χ2n) is 5.01. The lowest BCUT2D eigenvalue weighted by Crippen LogP contribution is -2.40. The molecule has 0 amide bonds. The number of methoxy groups -OCH3 is 3. The maximum Gasteiger partial charge on any atom is 0.405 e. The van der Waals surface area contributed by atoms with Crippen molar-refractivity contribution in [1.29, 1.82) is 0 Å². The van der Waals surface area contributed by atoms with Crippen molar-refractivity contribution in [2.24, 2.45) is 5.92 Å². The third-order valence-electron chi connectivity index (χ3n) is 3.60. The maximum absolute atomic E-state index is 12.1. The van der Waals surface area contributed by atoms with Gasteiger partial charge in [0.15, 0.2) is 0 Å². The van der Waals surface area contributed by atoms with Crippen LogP contribution in [0.2, 0.25) is 0 Å². The van der Waals surface area contributed by atoms with Crippen LogP contribution in [0.5, 0.6) is 5.75 Å². The molecule has 2 atom stereocenters. The van der Waals surface area contributed by atoms with Crippen LogP contribution in [0.1, 0.15) is 18.4 Å². The molecule has 9 heteroatoms. The first-order chi connectivity index (χ1) is 11.8. The van der Waals surface area contributed by atoms with E-state index in [2.05, 4.69) is 9.47 Å². The molecule has 25 heavy (non-hydrogen) atoms. The second kappa shape index (κ2) is 8.67. The topological polar surface area (TPSA) is 125 Å². The number of Topliss-reactive ketones (excluding diaryl/α,β-unsaturated/α-hetero) is 1. The highest BCUT2D eigenvalue weighted by atomic mass is 16.8. The monoisotopic (exact) mass is 353 g/mol. The van der Waals surface area contributed by atoms with E-state index in [0.717, 1.165) is 21.1 Å². The summed E-state index contributed by atoms with van der Waals surface area (Å²) in [6.45, 7) is 1.11. The van der Waals surface area contributed by atoms with Crippen LogP contribution in [0.4, 0.5) is 0 Å². The molecule has 0 aliphatic rings. The fourth-order valence-electron chi connectivity index (χ4n) is 2.41. The van der Waals surface area contributed by atoms with Gasteiger partial charge in [0, 0.05) is 4.90 Å². The molecule has 0 aliphatic heterocycles. The Morgan fingerprint density at radius 3 is 2.00 bits per heavy atom. The first-order valence-electron chi connectivity index (χ1n) is 7.12. The standard InChI is InChI=1S/C16H19NO8/c1-9(18)12(15(19)24-3)13(14(17(21)22)16(20)25-4)10-5-7-11(23-2)8-6-10/h5-8,12-13H,1-4H3,(H,21,22). The van der Waals surface area contributed by atoms with E-state index in [0.29, 0.717) is 5.75 Å². The first-order valence-corrected chi connectivity index (χ1v) is 7.12. The summed E-state index contributed by atoms with van der Waals surface area (Å²) < 4.78 is 14.1. The molecule has 136 valence electrons. The Hall–Kier alpha value is -3.10. The zero-order valence-corrected chi connectivity index (χ0v) is 14.2. The van der Waals surface area contributed by atoms with Crippen molar-refractivity contribution in [3.63, 3.8) is 0 Å². The number of ketones is 1. The van der Waals surface area contributed by atoms with E-state index in [1.54, 1.807) is 0 Å². The van der Waals surface area contributed by atoms with E-state index in [4.69, 9.17) is 4.74 Å². The van der Waals surface area contributed by atoms with Gasteiger partial charge in [-0.3, -0.25) is 14.8 Å². The number of hydrogen-bond donors (Lipinski definition) is 1. The van der Waals surface area contributed by atoms with Crippen molar-refractivity contribution >= 4 is 23.4 Å². The van der Waals surface area contributed by atoms with Crippen LogP contribution >= 0.6 is 0 Å². The summed E-state index contributed by atoms with van der Waals surface area (Å²) in [7, 11) is 3.51. The Balaban J connectivity index is 3.64. The zero-order chi connectivity index (χ0) is 19.1. The fraction of sp³-hybridized carbons (Fsp3) is 0.375.